The molecular weight excluding hydrogens is 284 g/mol. The van der Waals surface area contributed by atoms with E-state index < -0.39 is 0 Å². The van der Waals surface area contributed by atoms with Gasteiger partial charge < -0.3 is 0 Å². The van der Waals surface area contributed by atoms with Crippen LogP contribution in [0.15, 0.2) is 22.6 Å². The normalized spacial score (nSPS) is 11.1. The van der Waals surface area contributed by atoms with Gasteiger partial charge in [-0.1, -0.05) is 13.8 Å². The molecule has 22 heavy (non-hydrogen) atoms. The fourth-order valence-electron chi connectivity index (χ4n) is 1.36. The Kier molecular flexibility index (Phi) is 6.81. The van der Waals surface area contributed by atoms with Gasteiger partial charge in [-0.15, -0.1) is 0 Å². The standard InChI is InChI=1S/C14H20N6O2/c1-5-13(21)19(3)17-9-11-7-16-12(8-15-11)10-18-20(4)14(22)6-2/h7-10H,5-6H2,1-4H3/b17-9+,18-10+. The second kappa shape index (κ2) is 8.60. The maximum absolute atomic E-state index is 11.3. The van der Waals surface area contributed by atoms with Gasteiger partial charge in [0.25, 0.3) is 0 Å². The van der Waals surface area contributed by atoms with Crippen molar-refractivity contribution in [3.63, 3.8) is 0 Å². The smallest absolute Gasteiger partial charge is 0.242 e. The van der Waals surface area contributed by atoms with Crippen molar-refractivity contribution in [1.82, 2.24) is 20.0 Å². The summed E-state index contributed by atoms with van der Waals surface area (Å²) in [6.45, 7) is 3.53. The number of aromatic nitrogens is 2. The van der Waals surface area contributed by atoms with E-state index in [1.807, 2.05) is 0 Å². The number of carbonyl (C=O) groups excluding carboxylic acids is 2. The summed E-state index contributed by atoms with van der Waals surface area (Å²) in [6, 6.07) is 0. The molecule has 0 aliphatic heterocycles. The summed E-state index contributed by atoms with van der Waals surface area (Å²) in [4.78, 5) is 31.0. The van der Waals surface area contributed by atoms with Crippen LogP contribution in [0.2, 0.25) is 0 Å². The van der Waals surface area contributed by atoms with Crippen LogP contribution in [0, 0.1) is 0 Å². The summed E-state index contributed by atoms with van der Waals surface area (Å²) in [7, 11) is 3.16. The lowest BCUT2D eigenvalue weighted by Crippen LogP contribution is -2.20. The number of hydrogen-bond acceptors (Lipinski definition) is 6. The van der Waals surface area contributed by atoms with Crippen LogP contribution in [0.1, 0.15) is 38.1 Å². The van der Waals surface area contributed by atoms with Crippen molar-refractivity contribution >= 4 is 24.2 Å². The number of amides is 2. The Labute approximate surface area is 129 Å². The van der Waals surface area contributed by atoms with Crippen molar-refractivity contribution in [3.8, 4) is 0 Å². The average Bonchev–Trinajstić information content (AvgIpc) is 2.56. The number of hydrazone groups is 2. The molecule has 0 saturated carbocycles. The molecule has 1 aromatic rings. The van der Waals surface area contributed by atoms with Crippen LogP contribution in [-0.4, -0.2) is 58.3 Å². The first-order valence-electron chi connectivity index (χ1n) is 6.91. The Morgan fingerprint density at radius 1 is 0.955 bits per heavy atom. The van der Waals surface area contributed by atoms with Gasteiger partial charge in [-0.3, -0.25) is 19.6 Å². The van der Waals surface area contributed by atoms with Crippen LogP contribution in [-0.2, 0) is 9.59 Å². The van der Waals surface area contributed by atoms with Crippen molar-refractivity contribution in [2.45, 2.75) is 26.7 Å². The van der Waals surface area contributed by atoms with Crippen LogP contribution in [0.3, 0.4) is 0 Å². The molecule has 0 aliphatic carbocycles. The lowest BCUT2D eigenvalue weighted by molar-refractivity contribution is -0.130. The Morgan fingerprint density at radius 2 is 1.32 bits per heavy atom. The van der Waals surface area contributed by atoms with Crippen LogP contribution in [0.25, 0.3) is 0 Å². The second-order valence-corrected chi connectivity index (χ2v) is 4.40. The number of rotatable bonds is 6. The second-order valence-electron chi connectivity index (χ2n) is 4.40. The van der Waals surface area contributed by atoms with Crippen LogP contribution in [0.4, 0.5) is 0 Å². The molecule has 2 amide bonds. The average molecular weight is 304 g/mol. The molecule has 0 atom stereocenters. The largest absolute Gasteiger partial charge is 0.273 e. The molecule has 8 nitrogen and oxygen atoms in total. The van der Waals surface area contributed by atoms with E-state index in [1.54, 1.807) is 27.9 Å². The summed E-state index contributed by atoms with van der Waals surface area (Å²) in [5, 5.41) is 10.5. The predicted molar refractivity (Wildman–Crippen MR) is 83.3 cm³/mol. The first-order valence-corrected chi connectivity index (χ1v) is 6.91. The van der Waals surface area contributed by atoms with E-state index in [0.717, 1.165) is 0 Å². The molecule has 1 aromatic heterocycles. The summed E-state index contributed by atoms with van der Waals surface area (Å²) in [6.07, 6.45) is 6.70. The Hall–Kier alpha value is -2.64. The minimum absolute atomic E-state index is 0.0865. The molecule has 0 aromatic carbocycles. The first kappa shape index (κ1) is 17.4. The topological polar surface area (TPSA) is 91.1 Å². The fraction of sp³-hybridized carbons (Fsp3) is 0.429. The molecule has 1 heterocycles. The molecule has 0 radical (unpaired) electrons. The molecule has 0 aliphatic rings. The molecule has 118 valence electrons. The van der Waals surface area contributed by atoms with E-state index in [0.29, 0.717) is 24.2 Å². The Morgan fingerprint density at radius 3 is 1.59 bits per heavy atom. The van der Waals surface area contributed by atoms with Gasteiger partial charge in [-0.05, 0) is 0 Å². The van der Waals surface area contributed by atoms with Gasteiger partial charge in [0, 0.05) is 26.9 Å². The molecule has 0 fully saturated rings. The van der Waals surface area contributed by atoms with Gasteiger partial charge >= 0.3 is 0 Å². The monoisotopic (exact) mass is 304 g/mol. The summed E-state index contributed by atoms with van der Waals surface area (Å²) >= 11 is 0. The Balaban J connectivity index is 2.67. The summed E-state index contributed by atoms with van der Waals surface area (Å²) in [5.74, 6) is -0.173. The molecule has 0 spiro atoms. The van der Waals surface area contributed by atoms with Crippen molar-refractivity contribution in [3.05, 3.63) is 23.8 Å². The summed E-state index contributed by atoms with van der Waals surface area (Å²) < 4.78 is 0. The van der Waals surface area contributed by atoms with E-state index in [9.17, 15) is 9.59 Å². The fourth-order valence-corrected chi connectivity index (χ4v) is 1.36. The number of carbonyl (C=O) groups is 2. The van der Waals surface area contributed by atoms with E-state index in [-0.39, 0.29) is 11.8 Å². The molecule has 8 heteroatoms. The maximum atomic E-state index is 11.3. The van der Waals surface area contributed by atoms with Gasteiger partial charge in [-0.25, -0.2) is 10.0 Å². The highest BCUT2D eigenvalue weighted by atomic mass is 16.2. The summed E-state index contributed by atoms with van der Waals surface area (Å²) in [5.41, 5.74) is 1.04. The van der Waals surface area contributed by atoms with Gasteiger partial charge in [0.2, 0.25) is 11.8 Å². The van der Waals surface area contributed by atoms with Gasteiger partial charge in [-0.2, -0.15) is 10.2 Å². The quantitative estimate of drug-likeness (QED) is 0.576. The predicted octanol–water partition coefficient (Wildman–Crippen LogP) is 0.881. The van der Waals surface area contributed by atoms with Crippen LogP contribution in [0.5, 0.6) is 0 Å². The molecule has 0 N–H and O–H groups in total. The lowest BCUT2D eigenvalue weighted by atomic mass is 10.4. The Bertz CT molecular complexity index is 516. The number of nitrogens with zero attached hydrogens (tertiary/aromatic N) is 6. The molecular formula is C14H20N6O2. The van der Waals surface area contributed by atoms with Gasteiger partial charge in [0.05, 0.1) is 24.8 Å². The van der Waals surface area contributed by atoms with Crippen molar-refractivity contribution < 1.29 is 9.59 Å². The third-order valence-electron chi connectivity index (χ3n) is 2.74. The zero-order valence-corrected chi connectivity index (χ0v) is 13.2. The van der Waals surface area contributed by atoms with Crippen LogP contribution < -0.4 is 0 Å². The first-order chi connectivity index (χ1) is 10.5. The zero-order valence-electron chi connectivity index (χ0n) is 13.2. The molecule has 0 bridgehead atoms. The third kappa shape index (κ3) is 5.39. The van der Waals surface area contributed by atoms with Crippen molar-refractivity contribution in [2.24, 2.45) is 10.2 Å². The minimum atomic E-state index is -0.0865. The van der Waals surface area contributed by atoms with Crippen molar-refractivity contribution in [1.29, 1.82) is 0 Å². The van der Waals surface area contributed by atoms with E-state index in [1.165, 1.54) is 34.8 Å². The maximum Gasteiger partial charge on any atom is 0.242 e. The van der Waals surface area contributed by atoms with Gasteiger partial charge in [0.1, 0.15) is 11.4 Å². The van der Waals surface area contributed by atoms with E-state index >= 15 is 0 Å². The highest BCUT2D eigenvalue weighted by Gasteiger charge is 2.03. The molecule has 0 unspecified atom stereocenters. The number of hydrogen-bond donors (Lipinski definition) is 0. The van der Waals surface area contributed by atoms with Crippen LogP contribution >= 0.6 is 0 Å². The van der Waals surface area contributed by atoms with Crippen molar-refractivity contribution in [2.75, 3.05) is 14.1 Å². The van der Waals surface area contributed by atoms with E-state index in [2.05, 4.69) is 20.2 Å². The molecule has 0 saturated heterocycles. The van der Waals surface area contributed by atoms with E-state index in [4.69, 9.17) is 0 Å². The minimum Gasteiger partial charge on any atom is -0.273 e. The SMILES string of the molecule is CCC(=O)N(C)/N=C/c1cnc(/C=N/N(C)C(=O)CC)cn1. The zero-order chi connectivity index (χ0) is 16.5. The highest BCUT2D eigenvalue weighted by molar-refractivity contribution is 5.82. The lowest BCUT2D eigenvalue weighted by Gasteiger charge is -2.08. The molecule has 1 rings (SSSR count). The van der Waals surface area contributed by atoms with Gasteiger partial charge in [0.15, 0.2) is 0 Å². The third-order valence-corrected chi connectivity index (χ3v) is 2.74. The highest BCUT2D eigenvalue weighted by Crippen LogP contribution is 1.95.